The molecular formula is C12H21N3O2. The molecule has 17 heavy (non-hydrogen) atoms. The van der Waals surface area contributed by atoms with Crippen LogP contribution >= 0.6 is 0 Å². The molecule has 1 heterocycles. The highest BCUT2D eigenvalue weighted by Crippen LogP contribution is 2.01. The Kier molecular flexibility index (Phi) is 6.17. The summed E-state index contributed by atoms with van der Waals surface area (Å²) >= 11 is 0. The van der Waals surface area contributed by atoms with E-state index < -0.39 is 0 Å². The fraction of sp³-hybridized carbons (Fsp3) is 0.583. The van der Waals surface area contributed by atoms with Crippen molar-refractivity contribution in [2.24, 2.45) is 10.7 Å². The van der Waals surface area contributed by atoms with Crippen LogP contribution in [0.25, 0.3) is 0 Å². The van der Waals surface area contributed by atoms with Crippen LogP contribution in [0.3, 0.4) is 0 Å². The van der Waals surface area contributed by atoms with Crippen LogP contribution in [-0.4, -0.2) is 25.2 Å². The normalized spacial score (nSPS) is 12.1. The Morgan fingerprint density at radius 1 is 1.59 bits per heavy atom. The summed E-state index contributed by atoms with van der Waals surface area (Å²) in [6, 6.07) is 4.05. The van der Waals surface area contributed by atoms with Crippen LogP contribution in [0, 0.1) is 0 Å². The zero-order valence-electron chi connectivity index (χ0n) is 10.5. The van der Waals surface area contributed by atoms with E-state index in [0.29, 0.717) is 31.8 Å². The van der Waals surface area contributed by atoms with Gasteiger partial charge >= 0.3 is 0 Å². The van der Waals surface area contributed by atoms with Gasteiger partial charge in [0.2, 0.25) is 0 Å². The molecule has 0 radical (unpaired) electrons. The third kappa shape index (κ3) is 6.63. The van der Waals surface area contributed by atoms with E-state index in [2.05, 4.69) is 10.3 Å². The minimum atomic E-state index is 0.314. The number of ether oxygens (including phenoxy) is 1. The van der Waals surface area contributed by atoms with E-state index in [0.717, 1.165) is 12.2 Å². The maximum absolute atomic E-state index is 5.65. The molecule has 0 saturated heterocycles. The van der Waals surface area contributed by atoms with Gasteiger partial charge in [0.15, 0.2) is 5.96 Å². The van der Waals surface area contributed by atoms with Gasteiger partial charge in [0, 0.05) is 19.2 Å². The molecule has 0 aliphatic rings. The second kappa shape index (κ2) is 7.73. The van der Waals surface area contributed by atoms with Crippen molar-refractivity contribution in [3.63, 3.8) is 0 Å². The Hall–Kier alpha value is -1.49. The maximum atomic E-state index is 5.65. The summed E-state index contributed by atoms with van der Waals surface area (Å²) < 4.78 is 10.6. The summed E-state index contributed by atoms with van der Waals surface area (Å²) in [4.78, 5) is 4.18. The van der Waals surface area contributed by atoms with Gasteiger partial charge in [-0.1, -0.05) is 0 Å². The first-order chi connectivity index (χ1) is 8.18. The van der Waals surface area contributed by atoms with Crippen molar-refractivity contribution in [1.82, 2.24) is 5.32 Å². The Balaban J connectivity index is 2.00. The molecule has 0 saturated carbocycles. The van der Waals surface area contributed by atoms with E-state index in [1.165, 1.54) is 0 Å². The first-order valence-corrected chi connectivity index (χ1v) is 5.85. The van der Waals surface area contributed by atoms with Gasteiger partial charge in [-0.3, -0.25) is 4.99 Å². The van der Waals surface area contributed by atoms with Crippen molar-refractivity contribution in [1.29, 1.82) is 0 Å². The van der Waals surface area contributed by atoms with Gasteiger partial charge in [-0.2, -0.15) is 0 Å². The Bertz CT molecular complexity index is 321. The molecule has 0 aliphatic carbocycles. The largest absolute Gasteiger partial charge is 0.467 e. The van der Waals surface area contributed by atoms with E-state index in [1.807, 2.05) is 26.0 Å². The third-order valence-electron chi connectivity index (χ3n) is 1.99. The van der Waals surface area contributed by atoms with E-state index in [1.54, 1.807) is 6.26 Å². The molecule has 5 nitrogen and oxygen atoms in total. The molecule has 5 heteroatoms. The molecular weight excluding hydrogens is 218 g/mol. The fourth-order valence-corrected chi connectivity index (χ4v) is 1.27. The van der Waals surface area contributed by atoms with Crippen molar-refractivity contribution in [3.05, 3.63) is 24.2 Å². The van der Waals surface area contributed by atoms with Crippen molar-refractivity contribution in [2.45, 2.75) is 32.9 Å². The molecule has 0 atom stereocenters. The smallest absolute Gasteiger partial charge is 0.188 e. The maximum Gasteiger partial charge on any atom is 0.188 e. The second-order valence-electron chi connectivity index (χ2n) is 4.05. The number of nitrogens with one attached hydrogen (secondary N) is 1. The number of guanidine groups is 1. The molecule has 0 aliphatic heterocycles. The number of nitrogens with two attached hydrogens (primary N) is 1. The molecule has 0 unspecified atom stereocenters. The van der Waals surface area contributed by atoms with Gasteiger partial charge in [-0.05, 0) is 32.4 Å². The van der Waals surface area contributed by atoms with Gasteiger partial charge in [-0.25, -0.2) is 0 Å². The monoisotopic (exact) mass is 239 g/mol. The number of hydrogen-bond donors (Lipinski definition) is 2. The molecule has 3 N–H and O–H groups in total. The Labute approximate surface area is 102 Å². The van der Waals surface area contributed by atoms with Gasteiger partial charge in [0.25, 0.3) is 0 Å². The topological polar surface area (TPSA) is 72.8 Å². The highest BCUT2D eigenvalue weighted by atomic mass is 16.5. The number of furan rings is 1. The number of aliphatic imine (C=N–C) groups is 1. The van der Waals surface area contributed by atoms with Gasteiger partial charge < -0.3 is 20.2 Å². The number of nitrogens with zero attached hydrogens (tertiary/aromatic N) is 1. The van der Waals surface area contributed by atoms with Crippen LogP contribution in [0.4, 0.5) is 0 Å². The summed E-state index contributed by atoms with van der Waals surface area (Å²) in [5.41, 5.74) is 5.65. The second-order valence-corrected chi connectivity index (χ2v) is 4.05. The minimum Gasteiger partial charge on any atom is -0.467 e. The lowest BCUT2D eigenvalue weighted by atomic mass is 10.4. The number of hydrogen-bond acceptors (Lipinski definition) is 3. The molecule has 0 bridgehead atoms. The molecule has 0 spiro atoms. The van der Waals surface area contributed by atoms with Crippen molar-refractivity contribution < 1.29 is 9.15 Å². The Morgan fingerprint density at radius 3 is 3.06 bits per heavy atom. The lowest BCUT2D eigenvalue weighted by molar-refractivity contribution is 0.105. The van der Waals surface area contributed by atoms with Crippen LogP contribution in [0.2, 0.25) is 0 Å². The SMILES string of the molecule is CC(C)NC(N)=NCCCOCc1ccco1. The lowest BCUT2D eigenvalue weighted by Crippen LogP contribution is -2.36. The predicted molar refractivity (Wildman–Crippen MR) is 67.7 cm³/mol. The first-order valence-electron chi connectivity index (χ1n) is 5.85. The van der Waals surface area contributed by atoms with Crippen LogP contribution in [0.15, 0.2) is 27.8 Å². The minimum absolute atomic E-state index is 0.314. The fourth-order valence-electron chi connectivity index (χ4n) is 1.27. The van der Waals surface area contributed by atoms with Gasteiger partial charge in [0.1, 0.15) is 12.4 Å². The molecule has 0 amide bonds. The predicted octanol–water partition coefficient (Wildman–Crippen LogP) is 1.50. The quantitative estimate of drug-likeness (QED) is 0.429. The third-order valence-corrected chi connectivity index (χ3v) is 1.99. The highest BCUT2D eigenvalue weighted by molar-refractivity contribution is 5.77. The summed E-state index contributed by atoms with van der Waals surface area (Å²) in [5, 5.41) is 3.03. The number of rotatable bonds is 7. The average Bonchev–Trinajstić information content (AvgIpc) is 2.75. The summed E-state index contributed by atoms with van der Waals surface area (Å²) in [7, 11) is 0. The van der Waals surface area contributed by atoms with E-state index in [4.69, 9.17) is 14.9 Å². The van der Waals surface area contributed by atoms with Crippen LogP contribution < -0.4 is 11.1 Å². The molecule has 0 aromatic carbocycles. The first kappa shape index (κ1) is 13.6. The van der Waals surface area contributed by atoms with E-state index in [-0.39, 0.29) is 0 Å². The average molecular weight is 239 g/mol. The Morgan fingerprint density at radius 2 is 2.41 bits per heavy atom. The lowest BCUT2D eigenvalue weighted by Gasteiger charge is -2.08. The van der Waals surface area contributed by atoms with Crippen molar-refractivity contribution in [3.8, 4) is 0 Å². The molecule has 0 fully saturated rings. The summed E-state index contributed by atoms with van der Waals surface area (Å²) in [6.45, 7) is 5.88. The van der Waals surface area contributed by atoms with Gasteiger partial charge in [0.05, 0.1) is 6.26 Å². The zero-order chi connectivity index (χ0) is 12.5. The zero-order valence-corrected chi connectivity index (χ0v) is 10.5. The summed E-state index contributed by atoms with van der Waals surface area (Å²) in [6.07, 6.45) is 2.49. The molecule has 1 aromatic heterocycles. The molecule has 96 valence electrons. The van der Waals surface area contributed by atoms with Crippen LogP contribution in [0.5, 0.6) is 0 Å². The van der Waals surface area contributed by atoms with E-state index in [9.17, 15) is 0 Å². The standard InChI is InChI=1S/C12H21N3O2/c1-10(2)15-12(13)14-6-4-7-16-9-11-5-3-8-17-11/h3,5,8,10H,4,6-7,9H2,1-2H3,(H3,13,14,15). The summed E-state index contributed by atoms with van der Waals surface area (Å²) in [5.74, 6) is 1.33. The highest BCUT2D eigenvalue weighted by Gasteiger charge is 1.96. The van der Waals surface area contributed by atoms with Crippen LogP contribution in [-0.2, 0) is 11.3 Å². The molecule has 1 rings (SSSR count). The van der Waals surface area contributed by atoms with Crippen LogP contribution in [0.1, 0.15) is 26.0 Å². The van der Waals surface area contributed by atoms with E-state index >= 15 is 0 Å². The van der Waals surface area contributed by atoms with Crippen molar-refractivity contribution in [2.75, 3.05) is 13.2 Å². The van der Waals surface area contributed by atoms with Gasteiger partial charge in [-0.15, -0.1) is 0 Å². The van der Waals surface area contributed by atoms with Crippen molar-refractivity contribution >= 4 is 5.96 Å². The molecule has 1 aromatic rings.